The van der Waals surface area contributed by atoms with Crippen molar-refractivity contribution in [3.05, 3.63) is 29.3 Å². The number of nitrogen functional groups attached to an aromatic ring is 1. The number of thioether (sulfide) groups is 1. The van der Waals surface area contributed by atoms with Gasteiger partial charge >= 0.3 is 5.97 Å². The highest BCUT2D eigenvalue weighted by atomic mass is 32.2. The summed E-state index contributed by atoms with van der Waals surface area (Å²) in [7, 11) is 3.16. The van der Waals surface area contributed by atoms with Gasteiger partial charge in [-0.3, -0.25) is 4.79 Å². The molecule has 0 unspecified atom stereocenters. The summed E-state index contributed by atoms with van der Waals surface area (Å²) in [4.78, 5) is 35.2. The Kier molecular flexibility index (Phi) is 8.21. The molecule has 1 amide bonds. The van der Waals surface area contributed by atoms with Crippen LogP contribution in [0.1, 0.15) is 35.7 Å². The van der Waals surface area contributed by atoms with Crippen molar-refractivity contribution >= 4 is 29.5 Å². The average Bonchev–Trinajstić information content (AvgIpc) is 3.16. The third-order valence-corrected chi connectivity index (χ3v) is 5.79. The normalized spacial score (nSPS) is 15.5. The molecule has 0 saturated carbocycles. The van der Waals surface area contributed by atoms with Gasteiger partial charge in [0.15, 0.2) is 10.7 Å². The molecule has 1 aliphatic rings. The van der Waals surface area contributed by atoms with Crippen LogP contribution in [0.15, 0.2) is 23.4 Å². The maximum Gasteiger partial charge on any atom is 0.347 e. The summed E-state index contributed by atoms with van der Waals surface area (Å²) in [6.07, 6.45) is 2.81. The lowest BCUT2D eigenvalue weighted by Gasteiger charge is -2.26. The number of esters is 1. The maximum absolute atomic E-state index is 12.6. The highest BCUT2D eigenvalue weighted by Crippen LogP contribution is 2.30. The molecular weight excluding hydrogens is 448 g/mol. The summed E-state index contributed by atoms with van der Waals surface area (Å²) in [5.41, 5.74) is 6.82. The minimum atomic E-state index is -0.653. The zero-order valence-electron chi connectivity index (χ0n) is 19.1. The van der Waals surface area contributed by atoms with Crippen molar-refractivity contribution in [3.8, 4) is 17.4 Å². The molecule has 11 heteroatoms. The van der Waals surface area contributed by atoms with Gasteiger partial charge in [0.1, 0.15) is 23.9 Å². The van der Waals surface area contributed by atoms with Crippen LogP contribution in [0, 0.1) is 0 Å². The van der Waals surface area contributed by atoms with Gasteiger partial charge < -0.3 is 29.6 Å². The van der Waals surface area contributed by atoms with Crippen LogP contribution in [-0.4, -0.2) is 66.5 Å². The van der Waals surface area contributed by atoms with E-state index in [1.807, 2.05) is 12.1 Å². The molecule has 1 fully saturated rings. The molecule has 2 aromatic rings. The third kappa shape index (κ3) is 5.59. The van der Waals surface area contributed by atoms with Gasteiger partial charge in [0.25, 0.3) is 0 Å². The summed E-state index contributed by atoms with van der Waals surface area (Å²) >= 11 is 1.28. The lowest BCUT2D eigenvalue weighted by Crippen LogP contribution is -2.36. The maximum atomic E-state index is 12.6. The second-order valence-electron chi connectivity index (χ2n) is 7.20. The van der Waals surface area contributed by atoms with E-state index in [1.54, 1.807) is 38.4 Å². The summed E-state index contributed by atoms with van der Waals surface area (Å²) in [6.45, 7) is 2.37. The van der Waals surface area contributed by atoms with Gasteiger partial charge in [0.05, 0.1) is 26.9 Å². The monoisotopic (exact) mass is 476 g/mol. The van der Waals surface area contributed by atoms with Crippen molar-refractivity contribution in [1.82, 2.24) is 14.9 Å². The molecule has 178 valence electrons. The number of nitrogens with two attached hydrogens (primary N) is 1. The summed E-state index contributed by atoms with van der Waals surface area (Å²) in [5, 5.41) is 0.373. The lowest BCUT2D eigenvalue weighted by molar-refractivity contribution is -0.129. The van der Waals surface area contributed by atoms with Gasteiger partial charge in [-0.25, -0.2) is 9.78 Å². The fourth-order valence-corrected chi connectivity index (χ4v) is 3.92. The zero-order valence-corrected chi connectivity index (χ0v) is 19.9. The molecule has 0 spiro atoms. The van der Waals surface area contributed by atoms with Crippen LogP contribution in [0.2, 0.25) is 0 Å². The molecule has 2 heterocycles. The molecular formula is C22H28N4O6S. The number of benzene rings is 1. The van der Waals surface area contributed by atoms with Crippen LogP contribution >= 0.6 is 11.8 Å². The number of methoxy groups -OCH3 is 2. The van der Waals surface area contributed by atoms with Crippen LogP contribution in [-0.2, 0) is 16.1 Å². The smallest absolute Gasteiger partial charge is 0.347 e. The number of ether oxygens (including phenoxy) is 4. The molecule has 0 aliphatic carbocycles. The minimum Gasteiger partial charge on any atom is -0.497 e. The average molecular weight is 477 g/mol. The number of hydrogen-bond acceptors (Lipinski definition) is 10. The van der Waals surface area contributed by atoms with Crippen molar-refractivity contribution in [3.63, 3.8) is 0 Å². The van der Waals surface area contributed by atoms with Crippen LogP contribution < -0.4 is 19.9 Å². The molecule has 1 aromatic carbocycles. The Labute approximate surface area is 196 Å². The molecule has 1 aromatic heterocycles. The highest BCUT2D eigenvalue weighted by Gasteiger charge is 2.33. The quantitative estimate of drug-likeness (QED) is 0.310. The number of amides is 1. The van der Waals surface area contributed by atoms with Crippen LogP contribution in [0.4, 0.5) is 5.82 Å². The van der Waals surface area contributed by atoms with Crippen LogP contribution in [0.3, 0.4) is 0 Å². The minimum absolute atomic E-state index is 0.00914. The Bertz CT molecular complexity index is 1020. The molecule has 0 bridgehead atoms. The van der Waals surface area contributed by atoms with Gasteiger partial charge in [-0.15, -0.1) is 0 Å². The first-order valence-electron chi connectivity index (χ1n) is 10.4. The molecule has 1 aliphatic heterocycles. The zero-order chi connectivity index (χ0) is 24.0. The van der Waals surface area contributed by atoms with Gasteiger partial charge in [-0.2, -0.15) is 4.98 Å². The first kappa shape index (κ1) is 24.4. The van der Waals surface area contributed by atoms with Crippen LogP contribution in [0.25, 0.3) is 0 Å². The second-order valence-corrected chi connectivity index (χ2v) is 7.97. The molecule has 33 heavy (non-hydrogen) atoms. The number of likely N-dealkylation sites (tertiary alicyclic amines) is 1. The summed E-state index contributed by atoms with van der Waals surface area (Å²) < 4.78 is 21.7. The Balaban J connectivity index is 1.80. The lowest BCUT2D eigenvalue weighted by atomic mass is 10.1. The van der Waals surface area contributed by atoms with Crippen molar-refractivity contribution < 1.29 is 28.5 Å². The van der Waals surface area contributed by atoms with E-state index in [-0.39, 0.29) is 42.4 Å². The fourth-order valence-electron chi connectivity index (χ4n) is 3.55. The number of hydrogen-bond donors (Lipinski definition) is 1. The highest BCUT2D eigenvalue weighted by molar-refractivity contribution is 7.98. The van der Waals surface area contributed by atoms with E-state index >= 15 is 0 Å². The fraction of sp³-hybridized carbons (Fsp3) is 0.455. The molecule has 0 radical (unpaired) electrons. The van der Waals surface area contributed by atoms with Crippen molar-refractivity contribution in [2.24, 2.45) is 0 Å². The first-order chi connectivity index (χ1) is 15.9. The topological polar surface area (TPSA) is 126 Å². The Hall–Kier alpha value is -3.21. The van der Waals surface area contributed by atoms with E-state index in [2.05, 4.69) is 9.97 Å². The van der Waals surface area contributed by atoms with Gasteiger partial charge in [-0.05, 0) is 31.7 Å². The molecule has 2 N–H and O–H groups in total. The van der Waals surface area contributed by atoms with E-state index in [0.29, 0.717) is 36.0 Å². The van der Waals surface area contributed by atoms with Crippen molar-refractivity contribution in [1.29, 1.82) is 0 Å². The molecule has 3 rings (SSSR count). The third-order valence-electron chi connectivity index (χ3n) is 5.25. The van der Waals surface area contributed by atoms with E-state index in [0.717, 1.165) is 5.56 Å². The van der Waals surface area contributed by atoms with Crippen molar-refractivity contribution in [2.75, 3.05) is 39.4 Å². The Morgan fingerprint density at radius 3 is 2.73 bits per heavy atom. The van der Waals surface area contributed by atoms with Gasteiger partial charge in [-0.1, -0.05) is 11.8 Å². The Morgan fingerprint density at radius 2 is 2.06 bits per heavy atom. The number of aromatic nitrogens is 2. The molecule has 1 atom stereocenters. The number of nitrogens with zero attached hydrogens (tertiary/aromatic N) is 3. The van der Waals surface area contributed by atoms with E-state index in [9.17, 15) is 9.59 Å². The predicted octanol–water partition coefficient (Wildman–Crippen LogP) is 2.54. The largest absolute Gasteiger partial charge is 0.497 e. The summed E-state index contributed by atoms with van der Waals surface area (Å²) in [5.74, 6) is 0.697. The SMILES string of the molecule is CCOC(=O)c1c(N)nc(SC)nc1OC[C@@H]1CCC(=O)N1Cc1ccc(OC)cc1OC. The standard InChI is InChI=1S/C22H28N4O6S/c1-5-31-21(28)18-19(23)24-22(33-4)25-20(18)32-12-14-7-9-17(27)26(14)11-13-6-8-15(29-2)10-16(13)30-3/h6,8,10,14H,5,7,9,11-12H2,1-4H3,(H2,23,24,25)/t14-/m0/s1. The Morgan fingerprint density at radius 1 is 1.27 bits per heavy atom. The molecule has 1 saturated heterocycles. The number of rotatable bonds is 10. The van der Waals surface area contributed by atoms with Crippen LogP contribution in [0.5, 0.6) is 17.4 Å². The second kappa shape index (κ2) is 11.1. The first-order valence-corrected chi connectivity index (χ1v) is 11.7. The number of carbonyl (C=O) groups is 2. The molecule has 10 nitrogen and oxygen atoms in total. The van der Waals surface area contributed by atoms with Crippen molar-refractivity contribution in [2.45, 2.75) is 37.5 Å². The van der Waals surface area contributed by atoms with E-state index in [4.69, 9.17) is 24.7 Å². The summed E-state index contributed by atoms with van der Waals surface area (Å²) in [6, 6.07) is 5.26. The number of carbonyl (C=O) groups excluding carboxylic acids is 2. The van der Waals surface area contributed by atoms with Gasteiger partial charge in [0, 0.05) is 24.6 Å². The van der Waals surface area contributed by atoms with E-state index < -0.39 is 5.97 Å². The van der Waals surface area contributed by atoms with E-state index in [1.165, 1.54) is 11.8 Å². The predicted molar refractivity (Wildman–Crippen MR) is 123 cm³/mol. The van der Waals surface area contributed by atoms with Gasteiger partial charge in [0.2, 0.25) is 11.8 Å². The number of anilines is 1.